The number of aromatic nitrogens is 2. The van der Waals surface area contributed by atoms with Gasteiger partial charge in [0.15, 0.2) is 23.0 Å². The average Bonchev–Trinajstić information content (AvgIpc) is 3.45. The molecular formula is C18H12N2O4S3. The molecule has 0 bridgehead atoms. The zero-order valence-electron chi connectivity index (χ0n) is 13.9. The summed E-state index contributed by atoms with van der Waals surface area (Å²) in [5.41, 5.74) is 1.90. The largest absolute Gasteiger partial charge is 0.485 e. The van der Waals surface area contributed by atoms with E-state index >= 15 is 0 Å². The smallest absolute Gasteiger partial charge is 0.181 e. The molecule has 0 radical (unpaired) electrons. The molecule has 27 heavy (non-hydrogen) atoms. The summed E-state index contributed by atoms with van der Waals surface area (Å²) in [5.74, 6) is 3.19. The molecule has 0 spiro atoms. The number of nitrogens with zero attached hydrogens (tertiary/aromatic N) is 2. The van der Waals surface area contributed by atoms with Crippen LogP contribution in [0.15, 0.2) is 23.2 Å². The lowest BCUT2D eigenvalue weighted by atomic mass is 10.1. The number of hydrogen-bond acceptors (Lipinski definition) is 9. The molecule has 0 amide bonds. The van der Waals surface area contributed by atoms with Gasteiger partial charge in [-0.1, -0.05) is 0 Å². The van der Waals surface area contributed by atoms with Crippen molar-refractivity contribution in [2.24, 2.45) is 0 Å². The molecule has 6 nitrogen and oxygen atoms in total. The van der Waals surface area contributed by atoms with Crippen molar-refractivity contribution in [1.29, 1.82) is 0 Å². The van der Waals surface area contributed by atoms with Crippen LogP contribution in [0.1, 0.15) is 0 Å². The van der Waals surface area contributed by atoms with Crippen LogP contribution < -0.4 is 18.9 Å². The fourth-order valence-corrected chi connectivity index (χ4v) is 6.00. The van der Waals surface area contributed by atoms with Crippen LogP contribution in [-0.4, -0.2) is 35.8 Å². The summed E-state index contributed by atoms with van der Waals surface area (Å²) in [7, 11) is 0. The topological polar surface area (TPSA) is 62.7 Å². The first-order valence-electron chi connectivity index (χ1n) is 8.38. The van der Waals surface area contributed by atoms with Gasteiger partial charge in [-0.05, 0) is 11.5 Å². The number of ether oxygens (including phenoxy) is 4. The van der Waals surface area contributed by atoms with Gasteiger partial charge in [-0.3, -0.25) is 4.98 Å². The van der Waals surface area contributed by atoms with E-state index in [-0.39, 0.29) is 0 Å². The third-order valence-corrected chi connectivity index (χ3v) is 7.21. The Labute approximate surface area is 166 Å². The summed E-state index contributed by atoms with van der Waals surface area (Å²) in [6.45, 7) is 2.28. The van der Waals surface area contributed by atoms with Gasteiger partial charge < -0.3 is 18.9 Å². The van der Waals surface area contributed by atoms with Gasteiger partial charge in [0.05, 0.1) is 26.3 Å². The van der Waals surface area contributed by atoms with E-state index in [9.17, 15) is 0 Å². The lowest BCUT2D eigenvalue weighted by Crippen LogP contribution is -2.14. The van der Waals surface area contributed by atoms with Gasteiger partial charge in [0, 0.05) is 27.9 Å². The molecule has 0 N–H and O–H groups in total. The number of fused-ring (bicyclic) bond motifs is 3. The first-order valence-corrected chi connectivity index (χ1v) is 10.9. The van der Waals surface area contributed by atoms with Gasteiger partial charge >= 0.3 is 0 Å². The molecule has 0 aromatic carbocycles. The predicted molar refractivity (Wildman–Crippen MR) is 106 cm³/mol. The summed E-state index contributed by atoms with van der Waals surface area (Å²) < 4.78 is 28.6. The number of rotatable bonds is 2. The lowest BCUT2D eigenvalue weighted by molar-refractivity contribution is 0.174. The summed E-state index contributed by atoms with van der Waals surface area (Å²) >= 11 is 4.66. The second-order valence-corrected chi connectivity index (χ2v) is 8.56. The molecule has 4 aromatic heterocycles. The van der Waals surface area contributed by atoms with E-state index in [0.29, 0.717) is 26.4 Å². The Morgan fingerprint density at radius 2 is 1.44 bits per heavy atom. The third kappa shape index (κ3) is 2.35. The Kier molecular flexibility index (Phi) is 3.53. The maximum absolute atomic E-state index is 5.86. The quantitative estimate of drug-likeness (QED) is 0.472. The Bertz CT molecular complexity index is 1070. The molecule has 6 rings (SSSR count). The van der Waals surface area contributed by atoms with Gasteiger partial charge in [0.2, 0.25) is 0 Å². The van der Waals surface area contributed by atoms with Crippen molar-refractivity contribution in [3.63, 3.8) is 0 Å². The molecule has 6 heterocycles. The molecule has 0 fully saturated rings. The van der Waals surface area contributed by atoms with Crippen LogP contribution in [0, 0.1) is 0 Å². The maximum Gasteiger partial charge on any atom is 0.181 e. The Balaban J connectivity index is 1.53. The van der Waals surface area contributed by atoms with E-state index in [4.69, 9.17) is 23.9 Å². The molecule has 0 saturated heterocycles. The van der Waals surface area contributed by atoms with E-state index in [2.05, 4.69) is 4.37 Å². The van der Waals surface area contributed by atoms with Crippen LogP contribution in [0.3, 0.4) is 0 Å². The monoisotopic (exact) mass is 416 g/mol. The zero-order valence-corrected chi connectivity index (χ0v) is 16.3. The van der Waals surface area contributed by atoms with Crippen molar-refractivity contribution in [1.82, 2.24) is 9.36 Å². The van der Waals surface area contributed by atoms with Crippen molar-refractivity contribution in [2.45, 2.75) is 0 Å². The van der Waals surface area contributed by atoms with Crippen molar-refractivity contribution in [2.75, 3.05) is 26.4 Å². The first kappa shape index (κ1) is 15.7. The van der Waals surface area contributed by atoms with Gasteiger partial charge in [-0.2, -0.15) is 4.37 Å². The van der Waals surface area contributed by atoms with Crippen molar-refractivity contribution < 1.29 is 18.9 Å². The number of thiophene rings is 2. The van der Waals surface area contributed by atoms with E-state index in [1.807, 2.05) is 23.2 Å². The SMILES string of the molecule is c1sc(-c2ncc(-c3scc4c3OCCO4)c3sncc23)c2c1OCCO2. The highest BCUT2D eigenvalue weighted by atomic mass is 32.1. The fraction of sp³-hybridized carbons (Fsp3) is 0.222. The maximum atomic E-state index is 5.86. The highest BCUT2D eigenvalue weighted by Crippen LogP contribution is 2.51. The molecule has 0 saturated carbocycles. The van der Waals surface area contributed by atoms with Gasteiger partial charge in [-0.15, -0.1) is 22.7 Å². The van der Waals surface area contributed by atoms with Crippen LogP contribution in [0.2, 0.25) is 0 Å². The average molecular weight is 417 g/mol. The highest BCUT2D eigenvalue weighted by Gasteiger charge is 2.26. The summed E-state index contributed by atoms with van der Waals surface area (Å²) in [6.07, 6.45) is 3.77. The molecule has 0 aliphatic carbocycles. The van der Waals surface area contributed by atoms with Crippen molar-refractivity contribution in [3.05, 3.63) is 23.2 Å². The Morgan fingerprint density at radius 3 is 2.22 bits per heavy atom. The molecular weight excluding hydrogens is 404 g/mol. The highest BCUT2D eigenvalue weighted by molar-refractivity contribution is 7.17. The minimum atomic E-state index is 0.554. The lowest BCUT2D eigenvalue weighted by Gasteiger charge is -2.17. The Morgan fingerprint density at radius 1 is 0.778 bits per heavy atom. The summed E-state index contributed by atoms with van der Waals surface area (Å²) in [6, 6.07) is 0. The predicted octanol–water partition coefficient (Wildman–Crippen LogP) is 4.69. The second kappa shape index (κ2) is 6.08. The zero-order chi connectivity index (χ0) is 17.8. The summed E-state index contributed by atoms with van der Waals surface area (Å²) in [5, 5.41) is 4.98. The molecule has 2 aliphatic heterocycles. The van der Waals surface area contributed by atoms with Crippen LogP contribution >= 0.6 is 34.2 Å². The molecule has 9 heteroatoms. The summed E-state index contributed by atoms with van der Waals surface area (Å²) in [4.78, 5) is 6.80. The van der Waals surface area contributed by atoms with E-state index < -0.39 is 0 Å². The van der Waals surface area contributed by atoms with Crippen LogP contribution in [0.4, 0.5) is 0 Å². The molecule has 2 aliphatic rings. The van der Waals surface area contributed by atoms with Gasteiger partial charge in [-0.25, -0.2) is 0 Å². The van der Waals surface area contributed by atoms with E-state index in [0.717, 1.165) is 54.1 Å². The van der Waals surface area contributed by atoms with E-state index in [1.54, 1.807) is 22.7 Å². The van der Waals surface area contributed by atoms with Gasteiger partial charge in [0.1, 0.15) is 26.4 Å². The van der Waals surface area contributed by atoms with Crippen molar-refractivity contribution in [3.8, 4) is 44.0 Å². The van der Waals surface area contributed by atoms with E-state index in [1.165, 1.54) is 11.5 Å². The second-order valence-electron chi connectivity index (χ2n) is 6.00. The number of pyridine rings is 1. The molecule has 136 valence electrons. The van der Waals surface area contributed by atoms with Crippen LogP contribution in [-0.2, 0) is 0 Å². The fourth-order valence-electron chi connectivity index (χ4n) is 3.28. The number of hydrogen-bond donors (Lipinski definition) is 0. The third-order valence-electron chi connectivity index (χ3n) is 4.45. The standard InChI is InChI=1S/C18H12N2O4S3/c1-3-23-14-11(21-1)7-25-17(14)10-5-19-13(9-6-20-27-16(9)10)18-15-12(8-26-18)22-2-4-24-15/h5-8H,1-4H2. The van der Waals surface area contributed by atoms with Crippen LogP contribution in [0.25, 0.3) is 31.1 Å². The Hall–Kier alpha value is -2.36. The molecule has 0 unspecified atom stereocenters. The first-order chi connectivity index (χ1) is 13.4. The minimum Gasteiger partial charge on any atom is -0.485 e. The van der Waals surface area contributed by atoms with Crippen molar-refractivity contribution >= 4 is 44.3 Å². The minimum absolute atomic E-state index is 0.554. The normalized spacial score (nSPS) is 15.3. The van der Waals surface area contributed by atoms with Gasteiger partial charge in [0.25, 0.3) is 0 Å². The molecule has 4 aromatic rings. The van der Waals surface area contributed by atoms with Crippen LogP contribution in [0.5, 0.6) is 23.0 Å². The molecule has 0 atom stereocenters.